The van der Waals surface area contributed by atoms with Gasteiger partial charge in [0.15, 0.2) is 0 Å². The largest absolute Gasteiger partial charge is 0.472 e. The fourth-order valence-electron chi connectivity index (χ4n) is 3.44. The molecule has 0 aliphatic heterocycles. The summed E-state index contributed by atoms with van der Waals surface area (Å²) < 4.78 is 69.3. The summed E-state index contributed by atoms with van der Waals surface area (Å²) in [5.74, 6) is -3.70. The van der Waals surface area contributed by atoms with Gasteiger partial charge in [0.1, 0.15) is 17.5 Å². The number of aromatic nitrogens is 3. The molecular weight excluding hydrogens is 507 g/mol. The average Bonchev–Trinajstić information content (AvgIpc) is 3.21. The number of carbonyl (C=O) groups is 1. The highest BCUT2D eigenvalue weighted by Gasteiger charge is 2.39. The van der Waals surface area contributed by atoms with Crippen LogP contribution in [0.25, 0.3) is 22.4 Å². The Morgan fingerprint density at radius 2 is 1.92 bits per heavy atom. The zero-order valence-electron chi connectivity index (χ0n) is 19.4. The van der Waals surface area contributed by atoms with Crippen LogP contribution in [0.3, 0.4) is 0 Å². The summed E-state index contributed by atoms with van der Waals surface area (Å²) in [5, 5.41) is 3.65. The molecule has 2 N–H and O–H groups in total. The summed E-state index contributed by atoms with van der Waals surface area (Å²) in [4.78, 5) is 19.5. The van der Waals surface area contributed by atoms with Crippen LogP contribution in [-0.2, 0) is 11.8 Å². The number of hydrazine groups is 1. The second-order valence-corrected chi connectivity index (χ2v) is 8.26. The van der Waals surface area contributed by atoms with E-state index >= 15 is 4.39 Å². The first-order chi connectivity index (χ1) is 16.8. The Morgan fingerprint density at radius 3 is 2.47 bits per heavy atom. The van der Waals surface area contributed by atoms with Crippen LogP contribution in [0.1, 0.15) is 25.6 Å². The van der Waals surface area contributed by atoms with Crippen LogP contribution in [0.4, 0.5) is 22.0 Å². The van der Waals surface area contributed by atoms with Gasteiger partial charge in [-0.25, -0.2) is 13.8 Å². The number of imidazole rings is 1. The molecule has 36 heavy (non-hydrogen) atoms. The van der Waals surface area contributed by atoms with Crippen molar-refractivity contribution in [3.8, 4) is 22.4 Å². The maximum Gasteiger partial charge on any atom is 0.472 e. The number of pyridine rings is 1. The van der Waals surface area contributed by atoms with Crippen LogP contribution in [0.2, 0.25) is 5.02 Å². The molecule has 1 atom stereocenters. The molecule has 0 unspecified atom stereocenters. The quantitative estimate of drug-likeness (QED) is 0.314. The molecule has 3 aromatic rings. The number of halogens is 6. The number of rotatable bonds is 8. The van der Waals surface area contributed by atoms with Gasteiger partial charge in [-0.2, -0.15) is 13.2 Å². The van der Waals surface area contributed by atoms with Crippen molar-refractivity contribution in [2.75, 3.05) is 6.54 Å². The third-order valence-corrected chi connectivity index (χ3v) is 5.34. The van der Waals surface area contributed by atoms with Gasteiger partial charge in [-0.3, -0.25) is 20.2 Å². The van der Waals surface area contributed by atoms with E-state index in [1.54, 1.807) is 23.2 Å². The molecule has 2 heterocycles. The molecule has 13 heteroatoms. The van der Waals surface area contributed by atoms with E-state index in [-0.39, 0.29) is 39.8 Å². The maximum atomic E-state index is 15.1. The number of nitrogens with zero attached hydrogens (tertiary/aromatic N) is 4. The number of hydrogen-bond donors (Lipinski definition) is 2. The van der Waals surface area contributed by atoms with Crippen LogP contribution < -0.4 is 10.7 Å². The summed E-state index contributed by atoms with van der Waals surface area (Å²) in [5.41, 5.74) is 2.54. The van der Waals surface area contributed by atoms with E-state index in [0.29, 0.717) is 5.69 Å². The van der Waals surface area contributed by atoms with Crippen LogP contribution in [0.5, 0.6) is 0 Å². The van der Waals surface area contributed by atoms with Crippen molar-refractivity contribution in [2.24, 2.45) is 7.05 Å². The number of amides is 1. The third-order valence-electron chi connectivity index (χ3n) is 5.13. The minimum absolute atomic E-state index is 0.0498. The Balaban J connectivity index is 1.87. The zero-order chi connectivity index (χ0) is 26.8. The minimum atomic E-state index is -5.09. The van der Waals surface area contributed by atoms with E-state index in [1.807, 2.05) is 0 Å². The lowest BCUT2D eigenvalue weighted by Gasteiger charge is -2.28. The number of nitrogens with one attached hydrogen (secondary N) is 2. The van der Waals surface area contributed by atoms with E-state index in [0.717, 1.165) is 17.1 Å². The smallest absolute Gasteiger partial charge is 0.363 e. The molecule has 192 valence electrons. The Kier molecular flexibility index (Phi) is 7.87. The number of aryl methyl sites for hydroxylation is 1. The second kappa shape index (κ2) is 10.5. The third kappa shape index (κ3) is 5.93. The predicted octanol–water partition coefficient (Wildman–Crippen LogP) is 5.12. The lowest BCUT2D eigenvalue weighted by molar-refractivity contribution is -0.178. The SMILES string of the molecule is C=C(N[C@H](C)c1ncc(-c2cc(Cl)cc(F)c2-c2cn(C)cn2)cc1F)N(CC)NC(=O)C(F)(F)F. The second-order valence-electron chi connectivity index (χ2n) is 7.82. The van der Waals surface area contributed by atoms with Gasteiger partial charge in [0, 0.05) is 42.1 Å². The van der Waals surface area contributed by atoms with Crippen molar-refractivity contribution in [3.05, 3.63) is 71.7 Å². The molecule has 0 aliphatic carbocycles. The van der Waals surface area contributed by atoms with Crippen LogP contribution in [0.15, 0.2) is 49.3 Å². The first-order valence-electron chi connectivity index (χ1n) is 10.6. The van der Waals surface area contributed by atoms with Gasteiger partial charge in [-0.15, -0.1) is 0 Å². The fourth-order valence-corrected chi connectivity index (χ4v) is 3.64. The summed E-state index contributed by atoms with van der Waals surface area (Å²) in [6, 6.07) is 2.89. The van der Waals surface area contributed by atoms with E-state index in [9.17, 15) is 22.4 Å². The Bertz CT molecular complexity index is 1290. The van der Waals surface area contributed by atoms with Gasteiger partial charge in [0.2, 0.25) is 0 Å². The lowest BCUT2D eigenvalue weighted by atomic mass is 9.98. The van der Waals surface area contributed by atoms with Crippen molar-refractivity contribution >= 4 is 17.5 Å². The summed E-state index contributed by atoms with van der Waals surface area (Å²) >= 11 is 6.05. The molecule has 0 saturated heterocycles. The van der Waals surface area contributed by atoms with Crippen molar-refractivity contribution in [3.63, 3.8) is 0 Å². The normalized spacial score (nSPS) is 12.2. The van der Waals surface area contributed by atoms with Gasteiger partial charge in [-0.05, 0) is 37.6 Å². The van der Waals surface area contributed by atoms with Crippen LogP contribution in [-0.4, -0.2) is 38.2 Å². The van der Waals surface area contributed by atoms with E-state index in [4.69, 9.17) is 11.6 Å². The minimum Gasteiger partial charge on any atom is -0.363 e. The highest BCUT2D eigenvalue weighted by molar-refractivity contribution is 6.31. The molecule has 0 aliphatic rings. The molecule has 0 spiro atoms. The number of benzene rings is 1. The van der Waals surface area contributed by atoms with E-state index in [2.05, 4.69) is 21.9 Å². The van der Waals surface area contributed by atoms with E-state index in [1.165, 1.54) is 32.4 Å². The van der Waals surface area contributed by atoms with Crippen molar-refractivity contribution in [2.45, 2.75) is 26.1 Å². The van der Waals surface area contributed by atoms with Gasteiger partial charge >= 0.3 is 12.1 Å². The summed E-state index contributed by atoms with van der Waals surface area (Å²) in [6.45, 7) is 6.55. The molecule has 0 fully saturated rings. The summed E-state index contributed by atoms with van der Waals surface area (Å²) in [6.07, 6.45) is -0.675. The maximum absolute atomic E-state index is 15.1. The van der Waals surface area contributed by atoms with Crippen LogP contribution >= 0.6 is 11.6 Å². The molecule has 3 rings (SSSR count). The first kappa shape index (κ1) is 26.9. The van der Waals surface area contributed by atoms with Crippen LogP contribution in [0, 0.1) is 11.6 Å². The zero-order valence-corrected chi connectivity index (χ0v) is 20.2. The molecule has 0 saturated carbocycles. The number of hydrogen-bond acceptors (Lipinski definition) is 5. The van der Waals surface area contributed by atoms with Crippen molar-refractivity contribution in [1.82, 2.24) is 30.3 Å². The monoisotopic (exact) mass is 528 g/mol. The topological polar surface area (TPSA) is 75.1 Å². The molecule has 0 radical (unpaired) electrons. The summed E-state index contributed by atoms with van der Waals surface area (Å²) in [7, 11) is 1.72. The molecule has 1 amide bonds. The van der Waals surface area contributed by atoms with Crippen molar-refractivity contribution < 1.29 is 26.7 Å². The Hall–Kier alpha value is -3.67. The van der Waals surface area contributed by atoms with Gasteiger partial charge < -0.3 is 9.88 Å². The van der Waals surface area contributed by atoms with Crippen molar-refractivity contribution in [1.29, 1.82) is 0 Å². The fraction of sp³-hybridized carbons (Fsp3) is 0.261. The molecule has 2 aromatic heterocycles. The molecule has 0 bridgehead atoms. The average molecular weight is 529 g/mol. The number of carbonyl (C=O) groups excluding carboxylic acids is 1. The van der Waals surface area contributed by atoms with Gasteiger partial charge in [-0.1, -0.05) is 18.2 Å². The highest BCUT2D eigenvalue weighted by Crippen LogP contribution is 2.36. The Morgan fingerprint density at radius 1 is 1.22 bits per heavy atom. The standard InChI is InChI=1S/C23H22ClF5N6O/c1-5-35(33-22(36)23(27,28)29)13(3)32-12(2)21-18(26)6-14(9-30-21)16-7-15(24)8-17(25)20(16)19-10-34(4)11-31-19/h6-12,32H,3,5H2,1-2,4H3,(H,33,36)/t12-/m1/s1. The molecular formula is C23H22ClF5N6O. The Labute approximate surface area is 208 Å². The predicted molar refractivity (Wildman–Crippen MR) is 124 cm³/mol. The van der Waals surface area contributed by atoms with Gasteiger partial charge in [0.25, 0.3) is 0 Å². The van der Waals surface area contributed by atoms with Gasteiger partial charge in [0.05, 0.1) is 23.8 Å². The molecule has 1 aromatic carbocycles. The first-order valence-corrected chi connectivity index (χ1v) is 10.9. The number of alkyl halides is 3. The van der Waals surface area contributed by atoms with E-state index < -0.39 is 29.8 Å². The highest BCUT2D eigenvalue weighted by atomic mass is 35.5. The molecule has 7 nitrogen and oxygen atoms in total. The lowest BCUT2D eigenvalue weighted by Crippen LogP contribution is -2.49.